The van der Waals surface area contributed by atoms with Gasteiger partial charge in [-0.15, -0.1) is 0 Å². The summed E-state index contributed by atoms with van der Waals surface area (Å²) in [5.41, 5.74) is 0.671. The Morgan fingerprint density at radius 3 is 2.81 bits per heavy atom. The lowest BCUT2D eigenvalue weighted by Gasteiger charge is -2.09. The third kappa shape index (κ3) is 2.72. The van der Waals surface area contributed by atoms with Crippen molar-refractivity contribution >= 4 is 17.5 Å². The van der Waals surface area contributed by atoms with Crippen molar-refractivity contribution in [1.82, 2.24) is 5.16 Å². The van der Waals surface area contributed by atoms with Gasteiger partial charge in [-0.05, 0) is 37.5 Å². The van der Waals surface area contributed by atoms with Gasteiger partial charge < -0.3 is 9.84 Å². The number of nitrogens with one attached hydrogen (secondary N) is 1. The molecular formula is C14H12ClF3N2O. The molecule has 1 aliphatic heterocycles. The Bertz CT molecular complexity index is 667. The molecule has 1 aliphatic rings. The number of nitrogens with zero attached hydrogens (tertiary/aromatic N) is 1. The molecule has 112 valence electrons. The van der Waals surface area contributed by atoms with Crippen LogP contribution >= 0.6 is 11.6 Å². The highest BCUT2D eigenvalue weighted by Gasteiger charge is 2.32. The van der Waals surface area contributed by atoms with E-state index in [4.69, 9.17) is 16.1 Å². The van der Waals surface area contributed by atoms with E-state index in [9.17, 15) is 13.2 Å². The molecule has 0 spiro atoms. The van der Waals surface area contributed by atoms with Gasteiger partial charge in [-0.25, -0.2) is 0 Å². The van der Waals surface area contributed by atoms with Gasteiger partial charge in [0.1, 0.15) is 5.69 Å². The van der Waals surface area contributed by atoms with Crippen molar-refractivity contribution in [3.8, 4) is 11.3 Å². The highest BCUT2D eigenvalue weighted by Crippen LogP contribution is 2.39. The molecule has 0 unspecified atom stereocenters. The molecule has 0 atom stereocenters. The minimum absolute atomic E-state index is 0.225. The van der Waals surface area contributed by atoms with E-state index in [1.54, 1.807) is 0 Å². The zero-order valence-corrected chi connectivity index (χ0v) is 11.7. The maximum Gasteiger partial charge on any atom is 0.416 e. The molecule has 2 aromatic rings. The number of hydrogen-bond acceptors (Lipinski definition) is 3. The smallest absolute Gasteiger partial charge is 0.354 e. The second kappa shape index (κ2) is 5.26. The Kier molecular flexibility index (Phi) is 3.57. The maximum absolute atomic E-state index is 12.8. The first kappa shape index (κ1) is 14.3. The minimum atomic E-state index is -4.42. The number of aromatic nitrogens is 1. The van der Waals surface area contributed by atoms with Crippen molar-refractivity contribution in [2.24, 2.45) is 0 Å². The van der Waals surface area contributed by atoms with Gasteiger partial charge in [0, 0.05) is 17.7 Å². The van der Waals surface area contributed by atoms with Gasteiger partial charge >= 0.3 is 6.18 Å². The number of fused-ring (bicyclic) bond motifs is 1. The van der Waals surface area contributed by atoms with Crippen LogP contribution in [0.2, 0.25) is 5.02 Å². The van der Waals surface area contributed by atoms with Gasteiger partial charge in [0.25, 0.3) is 0 Å². The van der Waals surface area contributed by atoms with Crippen LogP contribution in [-0.2, 0) is 12.6 Å². The van der Waals surface area contributed by atoms with Crippen molar-refractivity contribution in [3.63, 3.8) is 0 Å². The lowest BCUT2D eigenvalue weighted by atomic mass is 10.0. The van der Waals surface area contributed by atoms with Crippen LogP contribution in [0.25, 0.3) is 11.3 Å². The third-order valence-electron chi connectivity index (χ3n) is 3.48. The predicted octanol–water partition coefficient (Wildman–Crippen LogP) is 4.76. The first-order chi connectivity index (χ1) is 9.97. The Hall–Kier alpha value is -1.69. The van der Waals surface area contributed by atoms with Crippen LogP contribution in [0.15, 0.2) is 22.7 Å². The van der Waals surface area contributed by atoms with E-state index >= 15 is 0 Å². The van der Waals surface area contributed by atoms with Crippen LogP contribution < -0.4 is 5.32 Å². The Labute approximate surface area is 124 Å². The molecule has 0 aliphatic carbocycles. The second-order valence-corrected chi connectivity index (χ2v) is 5.32. The molecule has 0 amide bonds. The summed E-state index contributed by atoms with van der Waals surface area (Å²) in [6.07, 6.45) is -1.82. The molecule has 0 saturated heterocycles. The molecule has 0 bridgehead atoms. The Morgan fingerprint density at radius 2 is 2.05 bits per heavy atom. The Morgan fingerprint density at radius 1 is 1.24 bits per heavy atom. The van der Waals surface area contributed by atoms with Crippen LogP contribution in [-0.4, -0.2) is 11.7 Å². The standard InChI is InChI=1S/C14H12ClF3N2O/c15-11-5-4-8(14(16,17)18)7-10(11)12-9-3-1-2-6-19-13(9)21-20-12/h4-5,7,19H,1-3,6H2. The van der Waals surface area contributed by atoms with Crippen molar-refractivity contribution in [2.45, 2.75) is 25.4 Å². The molecule has 21 heavy (non-hydrogen) atoms. The fraction of sp³-hybridized carbons (Fsp3) is 0.357. The molecule has 0 fully saturated rings. The van der Waals surface area contributed by atoms with Gasteiger partial charge in [0.2, 0.25) is 5.88 Å². The SMILES string of the molecule is FC(F)(F)c1ccc(Cl)c(-c2noc3c2CCCCN3)c1. The number of alkyl halides is 3. The van der Waals surface area contributed by atoms with Gasteiger partial charge in [0.05, 0.1) is 10.6 Å². The van der Waals surface area contributed by atoms with E-state index in [1.807, 2.05) is 0 Å². The topological polar surface area (TPSA) is 38.1 Å². The third-order valence-corrected chi connectivity index (χ3v) is 3.81. The fourth-order valence-electron chi connectivity index (χ4n) is 2.40. The van der Waals surface area contributed by atoms with Crippen LogP contribution in [0.5, 0.6) is 0 Å². The van der Waals surface area contributed by atoms with Gasteiger partial charge in [-0.3, -0.25) is 0 Å². The molecule has 3 nitrogen and oxygen atoms in total. The molecular weight excluding hydrogens is 305 g/mol. The molecule has 2 heterocycles. The number of hydrogen-bond donors (Lipinski definition) is 1. The van der Waals surface area contributed by atoms with E-state index in [-0.39, 0.29) is 10.6 Å². The van der Waals surface area contributed by atoms with Crippen LogP contribution in [0.4, 0.5) is 19.1 Å². The molecule has 1 aromatic carbocycles. The fourth-order valence-corrected chi connectivity index (χ4v) is 2.61. The number of rotatable bonds is 1. The van der Waals surface area contributed by atoms with E-state index in [0.717, 1.165) is 37.1 Å². The summed E-state index contributed by atoms with van der Waals surface area (Å²) in [6, 6.07) is 3.22. The summed E-state index contributed by atoms with van der Waals surface area (Å²) in [6.45, 7) is 0.762. The van der Waals surface area contributed by atoms with Crippen molar-refractivity contribution in [2.75, 3.05) is 11.9 Å². The van der Waals surface area contributed by atoms with Crippen LogP contribution in [0.1, 0.15) is 24.0 Å². The quantitative estimate of drug-likeness (QED) is 0.824. The van der Waals surface area contributed by atoms with Crippen molar-refractivity contribution < 1.29 is 17.7 Å². The molecule has 0 saturated carbocycles. The summed E-state index contributed by atoms with van der Waals surface area (Å²) < 4.78 is 43.7. The summed E-state index contributed by atoms with van der Waals surface area (Å²) in [5, 5.41) is 7.21. The van der Waals surface area contributed by atoms with Crippen LogP contribution in [0.3, 0.4) is 0 Å². The van der Waals surface area contributed by atoms with Gasteiger partial charge in [-0.2, -0.15) is 13.2 Å². The highest BCUT2D eigenvalue weighted by atomic mass is 35.5. The summed E-state index contributed by atoms with van der Waals surface area (Å²) in [7, 11) is 0. The number of benzene rings is 1. The van der Waals surface area contributed by atoms with Gasteiger partial charge in [-0.1, -0.05) is 16.8 Å². The maximum atomic E-state index is 12.8. The van der Waals surface area contributed by atoms with Crippen LogP contribution in [0, 0.1) is 0 Å². The zero-order chi connectivity index (χ0) is 15.0. The van der Waals surface area contributed by atoms with Crippen molar-refractivity contribution in [1.29, 1.82) is 0 Å². The molecule has 3 rings (SSSR count). The lowest BCUT2D eigenvalue weighted by molar-refractivity contribution is -0.137. The zero-order valence-electron chi connectivity index (χ0n) is 10.9. The monoisotopic (exact) mass is 316 g/mol. The normalized spacial score (nSPS) is 15.2. The second-order valence-electron chi connectivity index (χ2n) is 4.92. The Balaban J connectivity index is 2.10. The van der Waals surface area contributed by atoms with Gasteiger partial charge in [0.15, 0.2) is 0 Å². The van der Waals surface area contributed by atoms with E-state index in [2.05, 4.69) is 10.5 Å². The highest BCUT2D eigenvalue weighted by molar-refractivity contribution is 6.33. The predicted molar refractivity (Wildman–Crippen MR) is 73.4 cm³/mol. The average Bonchev–Trinajstić information content (AvgIpc) is 2.67. The molecule has 7 heteroatoms. The summed E-state index contributed by atoms with van der Waals surface area (Å²) in [4.78, 5) is 0. The van der Waals surface area contributed by atoms with E-state index < -0.39 is 11.7 Å². The van der Waals surface area contributed by atoms with E-state index in [0.29, 0.717) is 18.0 Å². The first-order valence-corrected chi connectivity index (χ1v) is 6.94. The average molecular weight is 317 g/mol. The molecule has 1 aromatic heterocycles. The largest absolute Gasteiger partial charge is 0.416 e. The van der Waals surface area contributed by atoms with E-state index in [1.165, 1.54) is 6.07 Å². The number of anilines is 1. The first-order valence-electron chi connectivity index (χ1n) is 6.56. The number of halogens is 4. The summed E-state index contributed by atoms with van der Waals surface area (Å²) in [5.74, 6) is 0.524. The molecule has 0 radical (unpaired) electrons. The minimum Gasteiger partial charge on any atom is -0.354 e. The van der Waals surface area contributed by atoms with Crippen molar-refractivity contribution in [3.05, 3.63) is 34.3 Å². The lowest BCUT2D eigenvalue weighted by Crippen LogP contribution is -2.05. The summed E-state index contributed by atoms with van der Waals surface area (Å²) >= 11 is 6.05. The molecule has 1 N–H and O–H groups in total.